The van der Waals surface area contributed by atoms with Gasteiger partial charge in [-0.05, 0) is 24.1 Å². The number of para-hydroxylation sites is 1. The minimum absolute atomic E-state index is 0.473. The molecule has 0 aromatic heterocycles. The van der Waals surface area contributed by atoms with Gasteiger partial charge in [-0.1, -0.05) is 49.4 Å². The summed E-state index contributed by atoms with van der Waals surface area (Å²) in [6.45, 7) is 2.21. The molecule has 0 amide bonds. The summed E-state index contributed by atoms with van der Waals surface area (Å²) in [5.74, 6) is 0. The van der Waals surface area contributed by atoms with Crippen LogP contribution in [0.2, 0.25) is 0 Å². The third-order valence-corrected chi connectivity index (χ3v) is 4.25. The zero-order chi connectivity index (χ0) is 12.1. The molecule has 0 spiro atoms. The van der Waals surface area contributed by atoms with Gasteiger partial charge in [-0.3, -0.25) is 0 Å². The van der Waals surface area contributed by atoms with Crippen molar-refractivity contribution in [3.05, 3.63) is 60.2 Å². The van der Waals surface area contributed by atoms with Crippen LogP contribution in [-0.4, -0.2) is 0 Å². The van der Waals surface area contributed by atoms with Gasteiger partial charge >= 0.3 is 0 Å². The number of hydrogen-bond donors (Lipinski definition) is 1. The van der Waals surface area contributed by atoms with Crippen LogP contribution in [0.15, 0.2) is 59.5 Å². The predicted octanol–water partition coefficient (Wildman–Crippen LogP) is 4.51. The molecule has 88 valence electrons. The van der Waals surface area contributed by atoms with Crippen LogP contribution < -0.4 is 5.73 Å². The van der Waals surface area contributed by atoms with Crippen LogP contribution in [0.5, 0.6) is 0 Å². The largest absolute Gasteiger partial charge is 0.398 e. The van der Waals surface area contributed by atoms with Crippen LogP contribution in [0.3, 0.4) is 0 Å². The van der Waals surface area contributed by atoms with Crippen LogP contribution >= 0.6 is 11.8 Å². The number of nitrogen functional groups attached to an aromatic ring is 1. The highest BCUT2D eigenvalue weighted by atomic mass is 32.2. The van der Waals surface area contributed by atoms with Gasteiger partial charge in [0.05, 0.1) is 0 Å². The van der Waals surface area contributed by atoms with Crippen LogP contribution in [0.4, 0.5) is 5.69 Å². The first-order chi connectivity index (χ1) is 8.31. The number of benzene rings is 2. The van der Waals surface area contributed by atoms with Crippen molar-refractivity contribution >= 4 is 17.4 Å². The van der Waals surface area contributed by atoms with Gasteiger partial charge in [0.1, 0.15) is 0 Å². The van der Waals surface area contributed by atoms with E-state index in [0.717, 1.165) is 12.1 Å². The van der Waals surface area contributed by atoms with Gasteiger partial charge in [0, 0.05) is 15.8 Å². The van der Waals surface area contributed by atoms with E-state index in [4.69, 9.17) is 5.73 Å². The number of nitrogens with two attached hydrogens (primary N) is 1. The summed E-state index contributed by atoms with van der Waals surface area (Å²) in [6, 6.07) is 18.7. The average Bonchev–Trinajstić information content (AvgIpc) is 2.39. The molecule has 2 heteroatoms. The van der Waals surface area contributed by atoms with E-state index >= 15 is 0 Å². The Morgan fingerprint density at radius 1 is 1.00 bits per heavy atom. The molecule has 0 saturated heterocycles. The Hall–Kier alpha value is -1.41. The molecular weight excluding hydrogens is 226 g/mol. The molecule has 2 aromatic carbocycles. The van der Waals surface area contributed by atoms with Crippen molar-refractivity contribution in [2.24, 2.45) is 0 Å². The first-order valence-corrected chi connectivity index (χ1v) is 6.75. The molecular formula is C15H17NS. The van der Waals surface area contributed by atoms with Gasteiger partial charge in [-0.2, -0.15) is 0 Å². The van der Waals surface area contributed by atoms with Crippen LogP contribution in [0, 0.1) is 0 Å². The highest BCUT2D eigenvalue weighted by Gasteiger charge is 2.11. The minimum Gasteiger partial charge on any atom is -0.398 e. The third kappa shape index (κ3) is 3.04. The van der Waals surface area contributed by atoms with Crippen molar-refractivity contribution in [2.45, 2.75) is 23.5 Å². The molecule has 0 aliphatic heterocycles. The molecule has 2 N–H and O–H groups in total. The zero-order valence-electron chi connectivity index (χ0n) is 9.97. The fourth-order valence-electron chi connectivity index (χ4n) is 1.80. The van der Waals surface area contributed by atoms with E-state index in [-0.39, 0.29) is 0 Å². The summed E-state index contributed by atoms with van der Waals surface area (Å²) in [7, 11) is 0. The second-order valence-corrected chi connectivity index (χ2v) is 5.21. The van der Waals surface area contributed by atoms with Crippen molar-refractivity contribution in [3.63, 3.8) is 0 Å². The van der Waals surface area contributed by atoms with Crippen molar-refractivity contribution in [2.75, 3.05) is 5.73 Å². The first kappa shape index (κ1) is 12.1. The number of rotatable bonds is 4. The predicted molar refractivity (Wildman–Crippen MR) is 76.2 cm³/mol. The number of thioether (sulfide) groups is 1. The number of anilines is 1. The molecule has 0 radical (unpaired) electrons. The van der Waals surface area contributed by atoms with Crippen molar-refractivity contribution in [3.8, 4) is 0 Å². The van der Waals surface area contributed by atoms with Gasteiger partial charge < -0.3 is 5.73 Å². The van der Waals surface area contributed by atoms with Crippen LogP contribution in [-0.2, 0) is 0 Å². The first-order valence-electron chi connectivity index (χ1n) is 5.87. The minimum atomic E-state index is 0.473. The quantitative estimate of drug-likeness (QED) is 0.631. The van der Waals surface area contributed by atoms with Crippen LogP contribution in [0.25, 0.3) is 0 Å². The second-order valence-electron chi connectivity index (χ2n) is 3.96. The molecule has 2 rings (SSSR count). The third-order valence-electron chi connectivity index (χ3n) is 2.73. The summed E-state index contributed by atoms with van der Waals surface area (Å²) in [6.07, 6.45) is 1.10. The van der Waals surface area contributed by atoms with E-state index < -0.39 is 0 Å². The average molecular weight is 243 g/mol. The molecule has 0 bridgehead atoms. The van der Waals surface area contributed by atoms with E-state index in [1.807, 2.05) is 30.0 Å². The smallest absolute Gasteiger partial charge is 0.0452 e. The molecule has 2 aromatic rings. The fraction of sp³-hybridized carbons (Fsp3) is 0.200. The molecule has 17 heavy (non-hydrogen) atoms. The Morgan fingerprint density at radius 2 is 1.65 bits per heavy atom. The maximum Gasteiger partial charge on any atom is 0.0452 e. The fourth-order valence-corrected chi connectivity index (χ4v) is 2.92. The monoisotopic (exact) mass is 243 g/mol. The summed E-state index contributed by atoms with van der Waals surface area (Å²) < 4.78 is 0. The SMILES string of the molecule is CC[C@@H](Sc1ccccc1N)c1ccccc1. The van der Waals surface area contributed by atoms with Gasteiger partial charge in [0.25, 0.3) is 0 Å². The summed E-state index contributed by atoms with van der Waals surface area (Å²) in [4.78, 5) is 1.17. The molecule has 0 heterocycles. The molecule has 0 unspecified atom stereocenters. The Labute approximate surface area is 107 Å². The highest BCUT2D eigenvalue weighted by molar-refractivity contribution is 7.99. The maximum absolute atomic E-state index is 5.98. The van der Waals surface area contributed by atoms with E-state index in [2.05, 4.69) is 43.3 Å². The maximum atomic E-state index is 5.98. The summed E-state index contributed by atoms with van der Waals surface area (Å²) >= 11 is 1.84. The van der Waals surface area contributed by atoms with Gasteiger partial charge in [-0.25, -0.2) is 0 Å². The molecule has 0 aliphatic carbocycles. The Balaban J connectivity index is 2.19. The second kappa shape index (κ2) is 5.78. The molecule has 0 aliphatic rings. The van der Waals surface area contributed by atoms with Gasteiger partial charge in [-0.15, -0.1) is 11.8 Å². The molecule has 0 fully saturated rings. The van der Waals surface area contributed by atoms with Gasteiger partial charge in [0.2, 0.25) is 0 Å². The molecule has 1 nitrogen and oxygen atoms in total. The van der Waals surface area contributed by atoms with E-state index in [9.17, 15) is 0 Å². The Bertz CT molecular complexity index is 467. The van der Waals surface area contributed by atoms with Crippen molar-refractivity contribution < 1.29 is 0 Å². The standard InChI is InChI=1S/C15H17NS/c1-2-14(12-8-4-3-5-9-12)17-15-11-7-6-10-13(15)16/h3-11,14H,2,16H2,1H3/t14-/m1/s1. The molecule has 1 atom stereocenters. The number of hydrogen-bond acceptors (Lipinski definition) is 2. The van der Waals surface area contributed by atoms with Crippen LogP contribution in [0.1, 0.15) is 24.2 Å². The Morgan fingerprint density at radius 3 is 2.29 bits per heavy atom. The summed E-state index contributed by atoms with van der Waals surface area (Å²) in [5.41, 5.74) is 8.21. The lowest BCUT2D eigenvalue weighted by Crippen LogP contribution is -1.94. The lowest BCUT2D eigenvalue weighted by Gasteiger charge is -2.16. The normalized spacial score (nSPS) is 12.3. The van der Waals surface area contributed by atoms with Crippen molar-refractivity contribution in [1.29, 1.82) is 0 Å². The van der Waals surface area contributed by atoms with Crippen molar-refractivity contribution in [1.82, 2.24) is 0 Å². The van der Waals surface area contributed by atoms with E-state index in [0.29, 0.717) is 5.25 Å². The lowest BCUT2D eigenvalue weighted by atomic mass is 10.1. The van der Waals surface area contributed by atoms with E-state index in [1.54, 1.807) is 0 Å². The highest BCUT2D eigenvalue weighted by Crippen LogP contribution is 2.39. The summed E-state index contributed by atoms with van der Waals surface area (Å²) in [5, 5.41) is 0.473. The molecule has 0 saturated carbocycles. The van der Waals surface area contributed by atoms with E-state index in [1.165, 1.54) is 10.5 Å². The lowest BCUT2D eigenvalue weighted by molar-refractivity contribution is 0.895. The van der Waals surface area contributed by atoms with Gasteiger partial charge in [0.15, 0.2) is 0 Å². The zero-order valence-corrected chi connectivity index (χ0v) is 10.8. The Kier molecular flexibility index (Phi) is 4.10. The topological polar surface area (TPSA) is 26.0 Å².